The van der Waals surface area contributed by atoms with E-state index in [4.69, 9.17) is 15.2 Å². The van der Waals surface area contributed by atoms with E-state index in [1.807, 2.05) is 20.8 Å². The van der Waals surface area contributed by atoms with Crippen LogP contribution < -0.4 is 21.7 Å². The SMILES string of the molecule is CCCCCCCCC(CCCCCC)C(=O)OCCCCCCCCNC(=O)CNC(=O)CCCOC(=O)C(CCCCCC)CCCCCCCC.CCNC(N)=C(C)C. The van der Waals surface area contributed by atoms with E-state index in [2.05, 4.69) is 43.6 Å². The maximum Gasteiger partial charge on any atom is 0.308 e. The van der Waals surface area contributed by atoms with E-state index >= 15 is 0 Å². The van der Waals surface area contributed by atoms with Crippen molar-refractivity contribution in [3.63, 3.8) is 0 Å². The number of unbranched alkanes of at least 4 members (excludes halogenated alkanes) is 21. The highest BCUT2D eigenvalue weighted by molar-refractivity contribution is 5.84. The summed E-state index contributed by atoms with van der Waals surface area (Å²) in [7, 11) is 0. The van der Waals surface area contributed by atoms with Crippen molar-refractivity contribution in [2.45, 2.75) is 254 Å². The predicted molar refractivity (Wildman–Crippen MR) is 262 cm³/mol. The number of hydrogen-bond acceptors (Lipinski definition) is 8. The van der Waals surface area contributed by atoms with Crippen LogP contribution in [0, 0.1) is 11.8 Å². The van der Waals surface area contributed by atoms with Gasteiger partial charge in [0.2, 0.25) is 11.8 Å². The monoisotopic (exact) mass is 879 g/mol. The molecule has 0 heterocycles. The fourth-order valence-electron chi connectivity index (χ4n) is 7.41. The highest BCUT2D eigenvalue weighted by Crippen LogP contribution is 2.22. The molecule has 0 aromatic heterocycles. The second-order valence-corrected chi connectivity index (χ2v) is 17.8. The van der Waals surface area contributed by atoms with Crippen molar-refractivity contribution in [2.75, 3.05) is 32.8 Å². The summed E-state index contributed by atoms with van der Waals surface area (Å²) in [5, 5.41) is 8.58. The number of amides is 2. The van der Waals surface area contributed by atoms with Crippen molar-refractivity contribution >= 4 is 23.8 Å². The molecule has 366 valence electrons. The highest BCUT2D eigenvalue weighted by atomic mass is 16.5. The Morgan fingerprint density at radius 2 is 0.806 bits per heavy atom. The summed E-state index contributed by atoms with van der Waals surface area (Å²) in [5.41, 5.74) is 6.64. The van der Waals surface area contributed by atoms with E-state index in [0.29, 0.717) is 19.6 Å². The molecule has 0 aliphatic heterocycles. The Morgan fingerprint density at radius 1 is 0.435 bits per heavy atom. The molecule has 0 fully saturated rings. The zero-order valence-corrected chi connectivity index (χ0v) is 41.8. The maximum atomic E-state index is 12.8. The van der Waals surface area contributed by atoms with Gasteiger partial charge in [-0.15, -0.1) is 0 Å². The Kier molecular flexibility index (Phi) is 47.2. The van der Waals surface area contributed by atoms with Crippen LogP contribution in [0.2, 0.25) is 0 Å². The van der Waals surface area contributed by atoms with Gasteiger partial charge in [-0.25, -0.2) is 0 Å². The van der Waals surface area contributed by atoms with E-state index in [0.717, 1.165) is 114 Å². The van der Waals surface area contributed by atoms with E-state index in [1.54, 1.807) is 0 Å². The molecule has 2 atom stereocenters. The summed E-state index contributed by atoms with van der Waals surface area (Å²) < 4.78 is 11.3. The number of rotatable bonds is 43. The van der Waals surface area contributed by atoms with Gasteiger partial charge >= 0.3 is 11.9 Å². The third kappa shape index (κ3) is 42.5. The molecule has 0 saturated heterocycles. The molecular formula is C52H102N4O6. The van der Waals surface area contributed by atoms with Gasteiger partial charge in [0.05, 0.1) is 37.4 Å². The second kappa shape index (κ2) is 47.7. The molecule has 0 aliphatic rings. The summed E-state index contributed by atoms with van der Waals surface area (Å²) in [6, 6.07) is 0. The number of carbonyl (C=O) groups is 4. The number of carbonyl (C=O) groups excluding carboxylic acids is 4. The largest absolute Gasteiger partial charge is 0.465 e. The minimum absolute atomic E-state index is 0.0170. The summed E-state index contributed by atoms with van der Waals surface area (Å²) in [5.74, 6) is 0.347. The fraction of sp³-hybridized carbons (Fsp3) is 0.885. The molecule has 0 rings (SSSR count). The van der Waals surface area contributed by atoms with Crippen molar-refractivity contribution in [2.24, 2.45) is 17.6 Å². The van der Waals surface area contributed by atoms with Gasteiger partial charge in [0.15, 0.2) is 0 Å². The zero-order valence-electron chi connectivity index (χ0n) is 41.8. The normalized spacial score (nSPS) is 11.8. The van der Waals surface area contributed by atoms with Gasteiger partial charge in [-0.3, -0.25) is 19.2 Å². The lowest BCUT2D eigenvalue weighted by molar-refractivity contribution is -0.150. The van der Waals surface area contributed by atoms with Crippen LogP contribution in [-0.2, 0) is 28.7 Å². The van der Waals surface area contributed by atoms with Crippen LogP contribution in [0.3, 0.4) is 0 Å². The van der Waals surface area contributed by atoms with E-state index in [1.165, 1.54) is 96.3 Å². The van der Waals surface area contributed by atoms with Gasteiger partial charge in [-0.2, -0.15) is 0 Å². The molecular weight excluding hydrogens is 777 g/mol. The first kappa shape index (κ1) is 61.3. The Balaban J connectivity index is 0. The Labute approximate surface area is 383 Å². The summed E-state index contributed by atoms with van der Waals surface area (Å²) in [6.45, 7) is 17.1. The van der Waals surface area contributed by atoms with Gasteiger partial charge in [-0.05, 0) is 71.3 Å². The molecule has 0 spiro atoms. The van der Waals surface area contributed by atoms with Crippen molar-refractivity contribution in [1.29, 1.82) is 0 Å². The number of ether oxygens (including phenoxy) is 2. The number of nitrogens with one attached hydrogen (secondary N) is 3. The quantitative estimate of drug-likeness (QED) is 0.0349. The maximum absolute atomic E-state index is 12.8. The van der Waals surface area contributed by atoms with Gasteiger partial charge < -0.3 is 31.2 Å². The molecule has 62 heavy (non-hydrogen) atoms. The molecule has 0 aromatic rings. The fourth-order valence-corrected chi connectivity index (χ4v) is 7.41. The van der Waals surface area contributed by atoms with Crippen LogP contribution in [0.15, 0.2) is 11.4 Å². The summed E-state index contributed by atoms with van der Waals surface area (Å²) >= 11 is 0. The molecule has 2 amide bonds. The van der Waals surface area contributed by atoms with Crippen LogP contribution in [-0.4, -0.2) is 56.6 Å². The minimum Gasteiger partial charge on any atom is -0.465 e. The number of nitrogens with two attached hydrogens (primary N) is 1. The van der Waals surface area contributed by atoms with Gasteiger partial charge in [-0.1, -0.05) is 182 Å². The molecule has 0 radical (unpaired) electrons. The lowest BCUT2D eigenvalue weighted by Crippen LogP contribution is -2.37. The van der Waals surface area contributed by atoms with Crippen molar-refractivity contribution < 1.29 is 28.7 Å². The Bertz CT molecular complexity index is 1080. The third-order valence-electron chi connectivity index (χ3n) is 11.6. The zero-order chi connectivity index (χ0) is 46.3. The first-order valence-corrected chi connectivity index (χ1v) is 26.1. The lowest BCUT2D eigenvalue weighted by Gasteiger charge is -2.16. The minimum atomic E-state index is -0.199. The Hall–Kier alpha value is -2.78. The van der Waals surface area contributed by atoms with Crippen LogP contribution in [0.5, 0.6) is 0 Å². The van der Waals surface area contributed by atoms with Crippen LogP contribution in [0.4, 0.5) is 0 Å². The first-order chi connectivity index (χ1) is 30.1. The molecule has 0 aromatic carbocycles. The predicted octanol–water partition coefficient (Wildman–Crippen LogP) is 12.9. The average Bonchev–Trinajstić information content (AvgIpc) is 3.26. The molecule has 10 heteroatoms. The molecule has 2 unspecified atom stereocenters. The molecule has 0 bridgehead atoms. The third-order valence-corrected chi connectivity index (χ3v) is 11.6. The van der Waals surface area contributed by atoms with E-state index in [-0.39, 0.29) is 55.2 Å². The van der Waals surface area contributed by atoms with Gasteiger partial charge in [0.25, 0.3) is 0 Å². The molecule has 10 nitrogen and oxygen atoms in total. The van der Waals surface area contributed by atoms with Gasteiger partial charge in [0.1, 0.15) is 0 Å². The van der Waals surface area contributed by atoms with Crippen LogP contribution in [0.1, 0.15) is 254 Å². The average molecular weight is 879 g/mol. The number of hydrogen-bond donors (Lipinski definition) is 4. The highest BCUT2D eigenvalue weighted by Gasteiger charge is 2.20. The first-order valence-electron chi connectivity index (χ1n) is 26.1. The lowest BCUT2D eigenvalue weighted by atomic mass is 9.94. The van der Waals surface area contributed by atoms with E-state index in [9.17, 15) is 19.2 Å². The smallest absolute Gasteiger partial charge is 0.308 e. The molecule has 5 N–H and O–H groups in total. The topological polar surface area (TPSA) is 149 Å². The number of allylic oxidation sites excluding steroid dienone is 1. The summed E-state index contributed by atoms with van der Waals surface area (Å²) in [6.07, 6.45) is 34.6. The molecule has 0 saturated carbocycles. The summed E-state index contributed by atoms with van der Waals surface area (Å²) in [4.78, 5) is 50.1. The van der Waals surface area contributed by atoms with Crippen molar-refractivity contribution in [3.8, 4) is 0 Å². The van der Waals surface area contributed by atoms with Crippen LogP contribution >= 0.6 is 0 Å². The molecule has 0 aliphatic carbocycles. The number of esters is 2. The van der Waals surface area contributed by atoms with Crippen molar-refractivity contribution in [1.82, 2.24) is 16.0 Å². The Morgan fingerprint density at radius 3 is 1.21 bits per heavy atom. The second-order valence-electron chi connectivity index (χ2n) is 17.8. The van der Waals surface area contributed by atoms with Crippen LogP contribution in [0.25, 0.3) is 0 Å². The van der Waals surface area contributed by atoms with Gasteiger partial charge in [0, 0.05) is 19.5 Å². The standard InChI is InChI=1S/C46H88N2O6.C6H14N2/c1-5-9-13-17-21-27-34-41(32-25-15-11-7-3)45(51)53-38-30-24-20-19-23-29-37-47-44(50)40-48-43(49)36-31-39-54-46(52)42(33-26-16-12-8-4)35-28-22-18-14-10-6-2;1-4-8-6(7)5(2)3/h41-42H,5-40H2,1-4H3,(H,47,50)(H,48,49);8H,4,7H2,1-3H3. The van der Waals surface area contributed by atoms with E-state index < -0.39 is 0 Å². The van der Waals surface area contributed by atoms with Crippen molar-refractivity contribution in [3.05, 3.63) is 11.4 Å².